The second-order valence-corrected chi connectivity index (χ2v) is 3.80. The lowest BCUT2D eigenvalue weighted by Gasteiger charge is -2.09. The number of rotatable bonds is 2. The van der Waals surface area contributed by atoms with Crippen LogP contribution in [0.15, 0.2) is 42.5 Å². The van der Waals surface area contributed by atoms with E-state index in [1.807, 2.05) is 12.1 Å². The van der Waals surface area contributed by atoms with Crippen LogP contribution in [0.4, 0.5) is 21.5 Å². The topological polar surface area (TPSA) is 38.0 Å². The fourth-order valence-corrected chi connectivity index (χ4v) is 1.46. The summed E-state index contributed by atoms with van der Waals surface area (Å²) in [5.74, 6) is -0.348. The Labute approximate surface area is 97.8 Å². The highest BCUT2D eigenvalue weighted by atomic mass is 35.5. The van der Waals surface area contributed by atoms with Gasteiger partial charge in [-0.3, -0.25) is 0 Å². The Morgan fingerprint density at radius 3 is 2.38 bits per heavy atom. The van der Waals surface area contributed by atoms with Gasteiger partial charge in [0, 0.05) is 10.7 Å². The van der Waals surface area contributed by atoms with E-state index < -0.39 is 0 Å². The standard InChI is InChI=1S/C12H10ClFN2/c13-8-1-4-10(5-2-8)16-12-6-3-9(14)7-11(12)15/h1-7,16H,15H2. The minimum Gasteiger partial charge on any atom is -0.397 e. The Kier molecular flexibility index (Phi) is 2.97. The van der Waals surface area contributed by atoms with Crippen molar-refractivity contribution in [1.82, 2.24) is 0 Å². The number of hydrogen-bond acceptors (Lipinski definition) is 2. The van der Waals surface area contributed by atoms with E-state index in [1.54, 1.807) is 18.2 Å². The van der Waals surface area contributed by atoms with Crippen LogP contribution in [0, 0.1) is 5.82 Å². The second kappa shape index (κ2) is 4.41. The molecule has 0 saturated carbocycles. The zero-order chi connectivity index (χ0) is 11.5. The maximum absolute atomic E-state index is 12.8. The number of benzene rings is 2. The van der Waals surface area contributed by atoms with E-state index in [-0.39, 0.29) is 5.82 Å². The molecule has 0 radical (unpaired) electrons. The molecule has 0 bridgehead atoms. The van der Waals surface area contributed by atoms with Crippen LogP contribution in [0.1, 0.15) is 0 Å². The van der Waals surface area contributed by atoms with Gasteiger partial charge in [0.15, 0.2) is 0 Å². The Bertz CT molecular complexity index is 497. The molecule has 0 aliphatic carbocycles. The summed E-state index contributed by atoms with van der Waals surface area (Å²) < 4.78 is 12.8. The van der Waals surface area contributed by atoms with Gasteiger partial charge in [0.1, 0.15) is 5.82 Å². The summed E-state index contributed by atoms with van der Waals surface area (Å²) in [6.07, 6.45) is 0. The SMILES string of the molecule is Nc1cc(F)ccc1Nc1ccc(Cl)cc1. The van der Waals surface area contributed by atoms with Gasteiger partial charge in [-0.1, -0.05) is 11.6 Å². The van der Waals surface area contributed by atoms with E-state index in [1.165, 1.54) is 12.1 Å². The van der Waals surface area contributed by atoms with Crippen molar-refractivity contribution in [3.8, 4) is 0 Å². The van der Waals surface area contributed by atoms with Gasteiger partial charge in [0.2, 0.25) is 0 Å². The van der Waals surface area contributed by atoms with Crippen molar-refractivity contribution in [3.05, 3.63) is 53.3 Å². The molecule has 0 aliphatic rings. The highest BCUT2D eigenvalue weighted by Gasteiger charge is 2.01. The van der Waals surface area contributed by atoms with Crippen molar-refractivity contribution in [2.45, 2.75) is 0 Å². The van der Waals surface area contributed by atoms with E-state index >= 15 is 0 Å². The van der Waals surface area contributed by atoms with E-state index in [9.17, 15) is 4.39 Å². The number of nitrogens with one attached hydrogen (secondary N) is 1. The predicted molar refractivity (Wildman–Crippen MR) is 65.5 cm³/mol. The summed E-state index contributed by atoms with van der Waals surface area (Å²) in [6.45, 7) is 0. The second-order valence-electron chi connectivity index (χ2n) is 3.36. The summed E-state index contributed by atoms with van der Waals surface area (Å²) in [7, 11) is 0. The minimum atomic E-state index is -0.348. The lowest BCUT2D eigenvalue weighted by Crippen LogP contribution is -1.96. The van der Waals surface area contributed by atoms with Crippen molar-refractivity contribution >= 4 is 28.7 Å². The molecule has 0 amide bonds. The molecule has 0 heterocycles. The van der Waals surface area contributed by atoms with Gasteiger partial charge in [-0.25, -0.2) is 4.39 Å². The summed E-state index contributed by atoms with van der Waals surface area (Å²) in [5.41, 5.74) is 7.56. The average molecular weight is 237 g/mol. The molecular formula is C12H10ClFN2. The fraction of sp³-hybridized carbons (Fsp3) is 0. The molecule has 2 aromatic carbocycles. The summed E-state index contributed by atoms with van der Waals surface area (Å²) in [4.78, 5) is 0. The molecule has 16 heavy (non-hydrogen) atoms. The normalized spacial score (nSPS) is 10.1. The molecule has 0 aromatic heterocycles. The van der Waals surface area contributed by atoms with Gasteiger partial charge in [-0.2, -0.15) is 0 Å². The number of nitrogen functional groups attached to an aromatic ring is 1. The van der Waals surface area contributed by atoms with Crippen molar-refractivity contribution in [3.63, 3.8) is 0 Å². The largest absolute Gasteiger partial charge is 0.397 e. The van der Waals surface area contributed by atoms with Crippen LogP contribution in [0.5, 0.6) is 0 Å². The molecule has 0 spiro atoms. The monoisotopic (exact) mass is 236 g/mol. The van der Waals surface area contributed by atoms with Crippen molar-refractivity contribution in [2.24, 2.45) is 0 Å². The third kappa shape index (κ3) is 2.44. The van der Waals surface area contributed by atoms with Crippen LogP contribution in [0.2, 0.25) is 5.02 Å². The molecule has 2 nitrogen and oxygen atoms in total. The molecule has 3 N–H and O–H groups in total. The van der Waals surface area contributed by atoms with Crippen molar-refractivity contribution < 1.29 is 4.39 Å². The van der Waals surface area contributed by atoms with Crippen LogP contribution in [-0.4, -0.2) is 0 Å². The van der Waals surface area contributed by atoms with Gasteiger partial charge in [0.05, 0.1) is 11.4 Å². The van der Waals surface area contributed by atoms with E-state index in [4.69, 9.17) is 17.3 Å². The smallest absolute Gasteiger partial charge is 0.125 e. The summed E-state index contributed by atoms with van der Waals surface area (Å²) >= 11 is 5.76. The highest BCUT2D eigenvalue weighted by Crippen LogP contribution is 2.24. The third-order valence-electron chi connectivity index (χ3n) is 2.14. The van der Waals surface area contributed by atoms with E-state index in [2.05, 4.69) is 5.32 Å². The first kappa shape index (κ1) is 10.8. The van der Waals surface area contributed by atoms with E-state index in [0.29, 0.717) is 16.4 Å². The Morgan fingerprint density at radius 1 is 1.06 bits per heavy atom. The van der Waals surface area contributed by atoms with Crippen LogP contribution < -0.4 is 11.1 Å². The molecule has 0 aliphatic heterocycles. The summed E-state index contributed by atoms with van der Waals surface area (Å²) in [6, 6.07) is 11.4. The van der Waals surface area contributed by atoms with Crippen molar-refractivity contribution in [2.75, 3.05) is 11.1 Å². The van der Waals surface area contributed by atoms with Gasteiger partial charge in [-0.05, 0) is 42.5 Å². The van der Waals surface area contributed by atoms with Crippen molar-refractivity contribution in [1.29, 1.82) is 0 Å². The van der Waals surface area contributed by atoms with Crippen LogP contribution in [-0.2, 0) is 0 Å². The predicted octanol–water partition coefficient (Wildman–Crippen LogP) is 3.80. The van der Waals surface area contributed by atoms with Gasteiger partial charge < -0.3 is 11.1 Å². The van der Waals surface area contributed by atoms with Crippen LogP contribution in [0.3, 0.4) is 0 Å². The molecule has 2 aromatic rings. The first-order valence-corrected chi connectivity index (χ1v) is 5.10. The number of hydrogen-bond donors (Lipinski definition) is 2. The average Bonchev–Trinajstić information content (AvgIpc) is 2.25. The number of halogens is 2. The Hall–Kier alpha value is -1.74. The number of nitrogens with two attached hydrogens (primary N) is 1. The zero-order valence-electron chi connectivity index (χ0n) is 8.37. The highest BCUT2D eigenvalue weighted by molar-refractivity contribution is 6.30. The molecule has 2 rings (SSSR count). The molecule has 0 saturated heterocycles. The molecule has 0 atom stereocenters. The maximum atomic E-state index is 12.8. The molecule has 82 valence electrons. The first-order chi connectivity index (χ1) is 7.65. The maximum Gasteiger partial charge on any atom is 0.125 e. The van der Waals surface area contributed by atoms with E-state index in [0.717, 1.165) is 5.69 Å². The quantitative estimate of drug-likeness (QED) is 0.779. The zero-order valence-corrected chi connectivity index (χ0v) is 9.13. The lowest BCUT2D eigenvalue weighted by atomic mass is 10.2. The molecule has 4 heteroatoms. The molecular weight excluding hydrogens is 227 g/mol. The minimum absolute atomic E-state index is 0.348. The van der Waals surface area contributed by atoms with Gasteiger partial charge in [-0.15, -0.1) is 0 Å². The fourth-order valence-electron chi connectivity index (χ4n) is 1.34. The Morgan fingerprint density at radius 2 is 1.75 bits per heavy atom. The Balaban J connectivity index is 2.23. The van der Waals surface area contributed by atoms with Gasteiger partial charge >= 0.3 is 0 Å². The number of anilines is 3. The molecule has 0 fully saturated rings. The molecule has 0 unspecified atom stereocenters. The lowest BCUT2D eigenvalue weighted by molar-refractivity contribution is 0.628. The summed E-state index contributed by atoms with van der Waals surface area (Å²) in [5, 5.41) is 3.74. The third-order valence-corrected chi connectivity index (χ3v) is 2.39. The van der Waals surface area contributed by atoms with Gasteiger partial charge in [0.25, 0.3) is 0 Å². The van der Waals surface area contributed by atoms with Crippen LogP contribution in [0.25, 0.3) is 0 Å². The van der Waals surface area contributed by atoms with Crippen LogP contribution >= 0.6 is 11.6 Å². The first-order valence-electron chi connectivity index (χ1n) is 4.73.